The number of benzene rings is 2. The summed E-state index contributed by atoms with van der Waals surface area (Å²) in [5.74, 6) is 0.351. The number of aromatic hydroxyl groups is 1. The Morgan fingerprint density at radius 3 is 2.55 bits per heavy atom. The standard InChI is InChI=1S/C18H17NO/c1-3-7-12-11-15-13-9-5-6-10-16(13)19-17(15)14(8-4-2)18(12)20/h3-6,9-11,19-20H,1-2,7-8H2. The van der Waals surface area contributed by atoms with Crippen molar-refractivity contribution >= 4 is 21.8 Å². The predicted octanol–water partition coefficient (Wildman–Crippen LogP) is 4.48. The zero-order chi connectivity index (χ0) is 14.1. The SMILES string of the molecule is C=CCc1cc2c([nH]c3ccccc32)c(CC=C)c1O. The molecular weight excluding hydrogens is 246 g/mol. The van der Waals surface area contributed by atoms with Gasteiger partial charge >= 0.3 is 0 Å². The molecule has 0 atom stereocenters. The third-order valence-electron chi connectivity index (χ3n) is 3.67. The van der Waals surface area contributed by atoms with Crippen LogP contribution in [0, 0.1) is 0 Å². The van der Waals surface area contributed by atoms with Gasteiger partial charge in [0.15, 0.2) is 0 Å². The first-order chi connectivity index (χ1) is 9.76. The molecule has 20 heavy (non-hydrogen) atoms. The van der Waals surface area contributed by atoms with Crippen molar-refractivity contribution in [2.24, 2.45) is 0 Å². The number of nitrogens with one attached hydrogen (secondary N) is 1. The van der Waals surface area contributed by atoms with Crippen molar-refractivity contribution in [2.75, 3.05) is 0 Å². The Morgan fingerprint density at radius 2 is 1.80 bits per heavy atom. The number of hydrogen-bond donors (Lipinski definition) is 2. The highest BCUT2D eigenvalue weighted by atomic mass is 16.3. The molecule has 2 heteroatoms. The van der Waals surface area contributed by atoms with Crippen LogP contribution in [0.2, 0.25) is 0 Å². The quantitative estimate of drug-likeness (QED) is 0.669. The number of rotatable bonds is 4. The lowest BCUT2D eigenvalue weighted by Crippen LogP contribution is -1.91. The Kier molecular flexibility index (Phi) is 3.07. The zero-order valence-electron chi connectivity index (χ0n) is 11.3. The number of hydrogen-bond acceptors (Lipinski definition) is 1. The van der Waals surface area contributed by atoms with Gasteiger partial charge in [0.25, 0.3) is 0 Å². The second-order valence-electron chi connectivity index (χ2n) is 4.94. The molecule has 3 aromatic rings. The fourth-order valence-corrected chi connectivity index (χ4v) is 2.76. The van der Waals surface area contributed by atoms with Gasteiger partial charge in [0.1, 0.15) is 5.75 Å². The molecule has 100 valence electrons. The monoisotopic (exact) mass is 263 g/mol. The lowest BCUT2D eigenvalue weighted by atomic mass is 9.99. The first kappa shape index (κ1) is 12.5. The second kappa shape index (κ2) is 4.89. The van der Waals surface area contributed by atoms with E-state index < -0.39 is 0 Å². The summed E-state index contributed by atoms with van der Waals surface area (Å²) in [6.07, 6.45) is 4.93. The van der Waals surface area contributed by atoms with Crippen LogP contribution < -0.4 is 0 Å². The lowest BCUT2D eigenvalue weighted by Gasteiger charge is -2.09. The van der Waals surface area contributed by atoms with Gasteiger partial charge in [0.2, 0.25) is 0 Å². The molecule has 0 spiro atoms. The molecule has 0 fully saturated rings. The van der Waals surface area contributed by atoms with E-state index in [9.17, 15) is 5.11 Å². The van der Waals surface area contributed by atoms with Crippen LogP contribution in [0.1, 0.15) is 11.1 Å². The number of H-pyrrole nitrogens is 1. The van der Waals surface area contributed by atoms with Gasteiger partial charge in [-0.25, -0.2) is 0 Å². The van der Waals surface area contributed by atoms with E-state index in [1.54, 1.807) is 0 Å². The number of fused-ring (bicyclic) bond motifs is 3. The summed E-state index contributed by atoms with van der Waals surface area (Å²) in [6.45, 7) is 7.55. The summed E-state index contributed by atoms with van der Waals surface area (Å²) in [5, 5.41) is 12.8. The van der Waals surface area contributed by atoms with E-state index in [0.717, 1.165) is 27.5 Å². The van der Waals surface area contributed by atoms with Crippen LogP contribution >= 0.6 is 0 Å². The predicted molar refractivity (Wildman–Crippen MR) is 85.3 cm³/mol. The van der Waals surface area contributed by atoms with Crippen molar-refractivity contribution in [3.63, 3.8) is 0 Å². The van der Waals surface area contributed by atoms with E-state index in [1.165, 1.54) is 5.39 Å². The summed E-state index contributed by atoms with van der Waals surface area (Å²) in [4.78, 5) is 3.41. The highest BCUT2D eigenvalue weighted by molar-refractivity contribution is 6.09. The van der Waals surface area contributed by atoms with Crippen molar-refractivity contribution in [3.8, 4) is 5.75 Å². The molecule has 0 saturated heterocycles. The fourth-order valence-electron chi connectivity index (χ4n) is 2.76. The molecule has 3 rings (SSSR count). The van der Waals surface area contributed by atoms with E-state index in [0.29, 0.717) is 18.6 Å². The van der Waals surface area contributed by atoms with Gasteiger partial charge in [-0.1, -0.05) is 30.4 Å². The molecule has 0 amide bonds. The van der Waals surface area contributed by atoms with Crippen molar-refractivity contribution < 1.29 is 5.11 Å². The smallest absolute Gasteiger partial charge is 0.124 e. The summed E-state index contributed by atoms with van der Waals surface area (Å²) in [6, 6.07) is 10.2. The molecule has 0 unspecified atom stereocenters. The lowest BCUT2D eigenvalue weighted by molar-refractivity contribution is 0.465. The summed E-state index contributed by atoms with van der Waals surface area (Å²) < 4.78 is 0. The number of aromatic nitrogens is 1. The largest absolute Gasteiger partial charge is 0.507 e. The molecule has 0 aliphatic rings. The van der Waals surface area contributed by atoms with Gasteiger partial charge in [-0.2, -0.15) is 0 Å². The minimum atomic E-state index is 0.351. The summed E-state index contributed by atoms with van der Waals surface area (Å²) >= 11 is 0. The van der Waals surface area contributed by atoms with Crippen molar-refractivity contribution in [1.29, 1.82) is 0 Å². The van der Waals surface area contributed by atoms with Gasteiger partial charge in [-0.05, 0) is 30.5 Å². The molecule has 0 aliphatic heterocycles. The Labute approximate surface area is 118 Å². The molecule has 0 aliphatic carbocycles. The number of phenols is 1. The van der Waals surface area contributed by atoms with Crippen molar-refractivity contribution in [1.82, 2.24) is 4.98 Å². The molecule has 2 nitrogen and oxygen atoms in total. The van der Waals surface area contributed by atoms with Gasteiger partial charge < -0.3 is 10.1 Å². The second-order valence-corrected chi connectivity index (χ2v) is 4.94. The first-order valence-corrected chi connectivity index (χ1v) is 6.72. The molecule has 1 aromatic heterocycles. The average molecular weight is 263 g/mol. The molecule has 2 aromatic carbocycles. The third kappa shape index (κ3) is 1.81. The average Bonchev–Trinajstić information content (AvgIpc) is 2.82. The number of phenolic OH excluding ortho intramolecular Hbond substituents is 1. The minimum absolute atomic E-state index is 0.351. The van der Waals surface area contributed by atoms with E-state index in [-0.39, 0.29) is 0 Å². The zero-order valence-corrected chi connectivity index (χ0v) is 11.3. The summed E-state index contributed by atoms with van der Waals surface area (Å²) in [5.41, 5.74) is 3.90. The topological polar surface area (TPSA) is 36.0 Å². The van der Waals surface area contributed by atoms with Crippen LogP contribution in [0.3, 0.4) is 0 Å². The van der Waals surface area contributed by atoms with E-state index in [2.05, 4.69) is 36.3 Å². The normalized spacial score (nSPS) is 11.0. The number of allylic oxidation sites excluding steroid dienone is 2. The number of para-hydroxylation sites is 1. The number of aromatic amines is 1. The third-order valence-corrected chi connectivity index (χ3v) is 3.67. The molecular formula is C18H17NO. The van der Waals surface area contributed by atoms with Crippen LogP contribution in [0.5, 0.6) is 5.75 Å². The maximum absolute atomic E-state index is 10.5. The molecule has 2 N–H and O–H groups in total. The van der Waals surface area contributed by atoms with Gasteiger partial charge in [-0.3, -0.25) is 0 Å². The Morgan fingerprint density at radius 1 is 1.05 bits per heavy atom. The van der Waals surface area contributed by atoms with Gasteiger partial charge in [-0.15, -0.1) is 13.2 Å². The van der Waals surface area contributed by atoms with Crippen LogP contribution in [0.4, 0.5) is 0 Å². The highest BCUT2D eigenvalue weighted by Crippen LogP contribution is 2.36. The maximum Gasteiger partial charge on any atom is 0.124 e. The summed E-state index contributed by atoms with van der Waals surface area (Å²) in [7, 11) is 0. The Balaban J connectivity index is 2.44. The van der Waals surface area contributed by atoms with Crippen molar-refractivity contribution in [2.45, 2.75) is 12.8 Å². The maximum atomic E-state index is 10.5. The van der Waals surface area contributed by atoms with Crippen molar-refractivity contribution in [3.05, 3.63) is 66.8 Å². The van der Waals surface area contributed by atoms with Crippen LogP contribution in [0.25, 0.3) is 21.8 Å². The van der Waals surface area contributed by atoms with Gasteiger partial charge in [0.05, 0.1) is 5.52 Å². The molecule has 0 saturated carbocycles. The molecule has 0 bridgehead atoms. The van der Waals surface area contributed by atoms with Gasteiger partial charge in [0, 0.05) is 21.9 Å². The molecule has 1 heterocycles. The Bertz CT molecular complexity index is 811. The Hall–Kier alpha value is -2.48. The van der Waals surface area contributed by atoms with Crippen LogP contribution in [0.15, 0.2) is 55.6 Å². The molecule has 0 radical (unpaired) electrons. The minimum Gasteiger partial charge on any atom is -0.507 e. The van der Waals surface area contributed by atoms with Crippen LogP contribution in [-0.4, -0.2) is 10.1 Å². The van der Waals surface area contributed by atoms with E-state index >= 15 is 0 Å². The first-order valence-electron chi connectivity index (χ1n) is 6.72. The van der Waals surface area contributed by atoms with E-state index in [1.807, 2.05) is 24.3 Å². The highest BCUT2D eigenvalue weighted by Gasteiger charge is 2.14. The van der Waals surface area contributed by atoms with Crippen LogP contribution in [-0.2, 0) is 12.8 Å². The fraction of sp³-hybridized carbons (Fsp3) is 0.111. The van der Waals surface area contributed by atoms with E-state index in [4.69, 9.17) is 0 Å².